The molecule has 0 radical (unpaired) electrons. The van der Waals surface area contributed by atoms with Crippen LogP contribution >= 0.6 is 11.6 Å². The minimum Gasteiger partial charge on any atom is -0.497 e. The average molecular weight is 308 g/mol. The molecule has 0 aliphatic heterocycles. The molecule has 0 heterocycles. The molecule has 0 aromatic heterocycles. The minimum atomic E-state index is -0.721. The highest BCUT2D eigenvalue weighted by atomic mass is 35.5. The van der Waals surface area contributed by atoms with Gasteiger partial charge in [0.1, 0.15) is 11.6 Å². The lowest BCUT2D eigenvalue weighted by molar-refractivity contribution is 0.0849. The Bertz CT molecular complexity index is 686. The molecule has 108 valence electrons. The molecule has 0 aliphatic carbocycles. The van der Waals surface area contributed by atoms with Gasteiger partial charge >= 0.3 is 0 Å². The van der Waals surface area contributed by atoms with Gasteiger partial charge in [-0.15, -0.1) is 0 Å². The fourth-order valence-corrected chi connectivity index (χ4v) is 1.74. The minimum absolute atomic E-state index is 0.0127. The Balaban J connectivity index is 2.10. The Morgan fingerprint density at radius 1 is 1.05 bits per heavy atom. The smallest absolute Gasteiger partial charge is 0.258 e. The number of rotatable bonds is 3. The van der Waals surface area contributed by atoms with Crippen molar-refractivity contribution in [3.8, 4) is 5.75 Å². The van der Waals surface area contributed by atoms with Crippen molar-refractivity contribution in [3.05, 3.63) is 64.4 Å². The molecule has 0 bridgehead atoms. The van der Waals surface area contributed by atoms with E-state index in [1.54, 1.807) is 12.1 Å². The van der Waals surface area contributed by atoms with E-state index in [0.717, 1.165) is 6.07 Å². The summed E-state index contributed by atoms with van der Waals surface area (Å²) >= 11 is 5.53. The highest BCUT2D eigenvalue weighted by molar-refractivity contribution is 6.30. The summed E-state index contributed by atoms with van der Waals surface area (Å²) in [6.07, 6.45) is 0. The number of halogens is 2. The molecule has 0 fully saturated rings. The summed E-state index contributed by atoms with van der Waals surface area (Å²) in [5.74, 6) is -1.41. The van der Waals surface area contributed by atoms with Crippen LogP contribution in [0, 0.1) is 5.82 Å². The number of ether oxygens (including phenoxy) is 1. The van der Waals surface area contributed by atoms with Gasteiger partial charge in [0.25, 0.3) is 11.8 Å². The highest BCUT2D eigenvalue weighted by Crippen LogP contribution is 2.16. The van der Waals surface area contributed by atoms with E-state index in [-0.39, 0.29) is 10.6 Å². The van der Waals surface area contributed by atoms with Crippen molar-refractivity contribution in [2.24, 2.45) is 0 Å². The van der Waals surface area contributed by atoms with Crippen LogP contribution in [0.15, 0.2) is 42.5 Å². The van der Waals surface area contributed by atoms with Crippen LogP contribution in [0.4, 0.5) is 4.39 Å². The monoisotopic (exact) mass is 307 g/mol. The van der Waals surface area contributed by atoms with Gasteiger partial charge in [0, 0.05) is 11.1 Å². The van der Waals surface area contributed by atoms with E-state index in [2.05, 4.69) is 5.32 Å². The predicted molar refractivity (Wildman–Crippen MR) is 76.2 cm³/mol. The highest BCUT2D eigenvalue weighted by Gasteiger charge is 2.13. The lowest BCUT2D eigenvalue weighted by Crippen LogP contribution is -2.30. The van der Waals surface area contributed by atoms with Crippen molar-refractivity contribution in [3.63, 3.8) is 0 Å². The van der Waals surface area contributed by atoms with E-state index in [1.165, 1.54) is 31.4 Å². The second-order valence-electron chi connectivity index (χ2n) is 4.14. The van der Waals surface area contributed by atoms with Crippen LogP contribution in [0.2, 0.25) is 5.02 Å². The molecule has 0 saturated heterocycles. The molecule has 6 heteroatoms. The molecule has 1 N–H and O–H groups in total. The third-order valence-electron chi connectivity index (χ3n) is 2.76. The van der Waals surface area contributed by atoms with E-state index in [0.29, 0.717) is 11.3 Å². The second-order valence-corrected chi connectivity index (χ2v) is 4.55. The predicted octanol–water partition coefficient (Wildman–Crippen LogP) is 3.06. The van der Waals surface area contributed by atoms with Gasteiger partial charge in [0.2, 0.25) is 0 Å². The van der Waals surface area contributed by atoms with Crippen LogP contribution in [0.1, 0.15) is 20.7 Å². The number of amides is 2. The summed E-state index contributed by atoms with van der Waals surface area (Å²) in [4.78, 5) is 23.7. The molecule has 21 heavy (non-hydrogen) atoms. The van der Waals surface area contributed by atoms with Gasteiger partial charge in [-0.2, -0.15) is 0 Å². The Kier molecular flexibility index (Phi) is 4.55. The van der Waals surface area contributed by atoms with E-state index < -0.39 is 17.6 Å². The number of imide groups is 1. The molecule has 2 aromatic rings. The normalized spacial score (nSPS) is 10.0. The first-order valence-electron chi connectivity index (χ1n) is 5.96. The van der Waals surface area contributed by atoms with Gasteiger partial charge in [0.15, 0.2) is 0 Å². The van der Waals surface area contributed by atoms with Crippen molar-refractivity contribution >= 4 is 23.4 Å². The topological polar surface area (TPSA) is 55.4 Å². The molecule has 2 rings (SSSR count). The number of carbonyl (C=O) groups excluding carboxylic acids is 2. The van der Waals surface area contributed by atoms with E-state index in [4.69, 9.17) is 16.3 Å². The van der Waals surface area contributed by atoms with Gasteiger partial charge in [-0.25, -0.2) is 4.39 Å². The summed E-state index contributed by atoms with van der Waals surface area (Å²) in [6, 6.07) is 9.79. The molecule has 2 aromatic carbocycles. The van der Waals surface area contributed by atoms with E-state index in [1.807, 2.05) is 0 Å². The molecule has 0 aliphatic rings. The Morgan fingerprint density at radius 2 is 1.62 bits per heavy atom. The first-order chi connectivity index (χ1) is 10.0. The Morgan fingerprint density at radius 3 is 2.19 bits per heavy atom. The SMILES string of the molecule is COc1ccc(C(=O)NC(=O)c2ccc(Cl)c(F)c2)cc1. The van der Waals surface area contributed by atoms with Crippen LogP contribution in [-0.4, -0.2) is 18.9 Å². The van der Waals surface area contributed by atoms with Crippen LogP contribution < -0.4 is 10.1 Å². The molecule has 0 spiro atoms. The van der Waals surface area contributed by atoms with Gasteiger partial charge in [0.05, 0.1) is 12.1 Å². The third-order valence-corrected chi connectivity index (χ3v) is 3.07. The number of hydrogen-bond donors (Lipinski definition) is 1. The number of methoxy groups -OCH3 is 1. The van der Waals surface area contributed by atoms with Gasteiger partial charge < -0.3 is 4.74 Å². The van der Waals surface area contributed by atoms with E-state index in [9.17, 15) is 14.0 Å². The maximum absolute atomic E-state index is 13.3. The summed E-state index contributed by atoms with van der Waals surface area (Å²) in [5.41, 5.74) is 0.303. The van der Waals surface area contributed by atoms with Crippen LogP contribution in [0.3, 0.4) is 0 Å². The van der Waals surface area contributed by atoms with Gasteiger partial charge in [-0.3, -0.25) is 14.9 Å². The summed E-state index contributed by atoms with van der Waals surface area (Å²) in [6.45, 7) is 0. The van der Waals surface area contributed by atoms with E-state index >= 15 is 0 Å². The lowest BCUT2D eigenvalue weighted by atomic mass is 10.1. The molecule has 0 atom stereocenters. The largest absolute Gasteiger partial charge is 0.497 e. The average Bonchev–Trinajstić information content (AvgIpc) is 2.50. The maximum Gasteiger partial charge on any atom is 0.258 e. The number of nitrogens with one attached hydrogen (secondary N) is 1. The van der Waals surface area contributed by atoms with Crippen molar-refractivity contribution < 1.29 is 18.7 Å². The zero-order valence-electron chi connectivity index (χ0n) is 11.0. The number of hydrogen-bond acceptors (Lipinski definition) is 3. The van der Waals surface area contributed by atoms with Crippen molar-refractivity contribution in [2.45, 2.75) is 0 Å². The van der Waals surface area contributed by atoms with Crippen LogP contribution in [-0.2, 0) is 0 Å². The molecule has 4 nitrogen and oxygen atoms in total. The molecule has 0 saturated carbocycles. The molecular formula is C15H11ClFNO3. The van der Waals surface area contributed by atoms with Crippen molar-refractivity contribution in [1.29, 1.82) is 0 Å². The summed E-state index contributed by atoms with van der Waals surface area (Å²) < 4.78 is 18.2. The fourth-order valence-electron chi connectivity index (χ4n) is 1.63. The van der Waals surface area contributed by atoms with Crippen LogP contribution in [0.5, 0.6) is 5.75 Å². The first-order valence-corrected chi connectivity index (χ1v) is 6.34. The van der Waals surface area contributed by atoms with Crippen molar-refractivity contribution in [2.75, 3.05) is 7.11 Å². The lowest BCUT2D eigenvalue weighted by Gasteiger charge is -2.06. The maximum atomic E-state index is 13.3. The standard InChI is InChI=1S/C15H11ClFNO3/c1-21-11-5-2-9(3-6-11)14(19)18-15(20)10-4-7-12(16)13(17)8-10/h2-8H,1H3,(H,18,19,20). The zero-order valence-corrected chi connectivity index (χ0v) is 11.8. The Labute approximate surface area is 125 Å². The van der Waals surface area contributed by atoms with Gasteiger partial charge in [-0.05, 0) is 42.5 Å². The van der Waals surface area contributed by atoms with Gasteiger partial charge in [-0.1, -0.05) is 11.6 Å². The third kappa shape index (κ3) is 3.58. The fraction of sp³-hybridized carbons (Fsp3) is 0.0667. The number of carbonyl (C=O) groups is 2. The second kappa shape index (κ2) is 6.37. The summed E-state index contributed by atoms with van der Waals surface area (Å²) in [7, 11) is 1.51. The first kappa shape index (κ1) is 15.0. The molecule has 2 amide bonds. The van der Waals surface area contributed by atoms with Crippen molar-refractivity contribution in [1.82, 2.24) is 5.32 Å². The molecule has 0 unspecified atom stereocenters. The van der Waals surface area contributed by atoms with Crippen LogP contribution in [0.25, 0.3) is 0 Å². The quantitative estimate of drug-likeness (QED) is 0.887. The number of benzene rings is 2. The zero-order chi connectivity index (χ0) is 15.4. The Hall–Kier alpha value is -2.40. The summed E-state index contributed by atoms with van der Waals surface area (Å²) in [5, 5.41) is 2.08. The molecular weight excluding hydrogens is 297 g/mol.